The zero-order valence-corrected chi connectivity index (χ0v) is 27.6. The maximum atomic E-state index is 6.01. The molecule has 8 rings (SSSR count). The summed E-state index contributed by atoms with van der Waals surface area (Å²) in [7, 11) is 3.89. The first-order valence-electron chi connectivity index (χ1n) is 14.6. The second kappa shape index (κ2) is 15.6. The van der Waals surface area contributed by atoms with Gasteiger partial charge in [0.1, 0.15) is 11.3 Å². The van der Waals surface area contributed by atoms with Gasteiger partial charge in [-0.1, -0.05) is 70.6 Å². The van der Waals surface area contributed by atoms with Crippen molar-refractivity contribution in [3.63, 3.8) is 0 Å². The van der Waals surface area contributed by atoms with E-state index in [1.807, 2.05) is 138 Å². The Balaban J connectivity index is 0.000000141. The molecule has 0 aliphatic heterocycles. The first-order chi connectivity index (χ1) is 22.2. The molecule has 5 heteroatoms. The standard InChI is InChI=1S/C18H12NO.C12H10N.C11H8N.Ir/c1-12-9-10-19-16(11-12)15-7-4-6-14-13-5-2-3-8-17(13)20-18(14)15;1-13-10-6-5-9-12(13)11-7-3-2-4-8-11;1-2-6-10(7-3-1)11-8-4-5-9-12-11;/h2-6,8-11H,1H3;2-7,9-10H,1H2;1-6,8-9H;/q3*-1;. The SMILES string of the molecule is Cc1ccnc(-c2[c-]ccc3c2oc2ccccc23)c1.[CH2-][n+]1ccccc1-c1[c-]cccc1.[Ir].[c-]1ccccc1-c1ccccn1. The van der Waals surface area contributed by atoms with Crippen LogP contribution in [0.2, 0.25) is 0 Å². The summed E-state index contributed by atoms with van der Waals surface area (Å²) in [6, 6.07) is 53.2. The molecule has 1 radical (unpaired) electrons. The van der Waals surface area contributed by atoms with E-state index in [1.54, 1.807) is 6.20 Å². The van der Waals surface area contributed by atoms with Gasteiger partial charge in [-0.2, -0.15) is 0 Å². The fourth-order valence-electron chi connectivity index (χ4n) is 4.90. The number of benzene rings is 4. The average molecular weight is 773 g/mol. The minimum Gasteiger partial charge on any atom is -0.501 e. The van der Waals surface area contributed by atoms with Crippen molar-refractivity contribution < 1.29 is 29.1 Å². The maximum Gasteiger partial charge on any atom is 0.120 e. The van der Waals surface area contributed by atoms with Crippen LogP contribution in [-0.4, -0.2) is 9.97 Å². The largest absolute Gasteiger partial charge is 0.501 e. The molecule has 4 nitrogen and oxygen atoms in total. The van der Waals surface area contributed by atoms with E-state index < -0.39 is 0 Å². The number of aromatic nitrogens is 3. The van der Waals surface area contributed by atoms with Crippen molar-refractivity contribution in [1.82, 2.24) is 9.97 Å². The van der Waals surface area contributed by atoms with Gasteiger partial charge < -0.3 is 19.0 Å². The van der Waals surface area contributed by atoms with Crippen molar-refractivity contribution in [3.8, 4) is 33.8 Å². The van der Waals surface area contributed by atoms with E-state index in [0.29, 0.717) is 0 Å². The van der Waals surface area contributed by atoms with Gasteiger partial charge in [-0.05, 0) is 42.6 Å². The number of rotatable bonds is 3. The molecule has 0 saturated carbocycles. The van der Waals surface area contributed by atoms with Crippen LogP contribution in [0.15, 0.2) is 156 Å². The molecule has 0 atom stereocenters. The van der Waals surface area contributed by atoms with Crippen LogP contribution in [0, 0.1) is 32.2 Å². The third-order valence-corrected chi connectivity index (χ3v) is 7.09. The van der Waals surface area contributed by atoms with E-state index in [2.05, 4.69) is 54.3 Å². The Morgan fingerprint density at radius 2 is 1.35 bits per heavy atom. The summed E-state index contributed by atoms with van der Waals surface area (Å²) < 4.78 is 7.85. The number of pyridine rings is 3. The van der Waals surface area contributed by atoms with E-state index in [0.717, 1.165) is 55.7 Å². The topological polar surface area (TPSA) is 42.8 Å². The van der Waals surface area contributed by atoms with Gasteiger partial charge in [-0.15, -0.1) is 84.4 Å². The molecule has 46 heavy (non-hydrogen) atoms. The Kier molecular flexibility index (Phi) is 10.9. The molecule has 4 aromatic carbocycles. The number of aryl methyl sites for hydroxylation is 1. The van der Waals surface area contributed by atoms with E-state index in [1.165, 1.54) is 5.56 Å². The Bertz CT molecular complexity index is 2090. The third-order valence-electron chi connectivity index (χ3n) is 7.09. The first kappa shape index (κ1) is 32.1. The van der Waals surface area contributed by atoms with E-state index in [4.69, 9.17) is 4.42 Å². The third kappa shape index (κ3) is 7.65. The van der Waals surface area contributed by atoms with Gasteiger partial charge in [0.05, 0.1) is 11.8 Å². The second-order valence-electron chi connectivity index (χ2n) is 10.2. The number of furan rings is 1. The fraction of sp³-hybridized carbons (Fsp3) is 0.0244. The van der Waals surface area contributed by atoms with Gasteiger partial charge in [0, 0.05) is 44.9 Å². The van der Waals surface area contributed by atoms with Crippen molar-refractivity contribution in [2.24, 2.45) is 0 Å². The van der Waals surface area contributed by atoms with Gasteiger partial charge >= 0.3 is 0 Å². The number of para-hydroxylation sites is 1. The fourth-order valence-corrected chi connectivity index (χ4v) is 4.90. The van der Waals surface area contributed by atoms with E-state index in [-0.39, 0.29) is 20.1 Å². The molecule has 0 aliphatic rings. The molecule has 4 aromatic heterocycles. The van der Waals surface area contributed by atoms with Gasteiger partial charge in [0.25, 0.3) is 0 Å². The Morgan fingerprint density at radius 3 is 2.07 bits per heavy atom. The van der Waals surface area contributed by atoms with Crippen molar-refractivity contribution in [2.75, 3.05) is 0 Å². The summed E-state index contributed by atoms with van der Waals surface area (Å²) in [5, 5.41) is 2.24. The summed E-state index contributed by atoms with van der Waals surface area (Å²) in [6.07, 6.45) is 5.53. The van der Waals surface area contributed by atoms with Crippen LogP contribution < -0.4 is 4.57 Å². The molecule has 0 spiro atoms. The molecule has 0 unspecified atom stereocenters. The van der Waals surface area contributed by atoms with Gasteiger partial charge in [0.2, 0.25) is 0 Å². The van der Waals surface area contributed by atoms with Gasteiger partial charge in [-0.25, -0.2) is 0 Å². The Labute approximate surface area is 283 Å². The van der Waals surface area contributed by atoms with Crippen molar-refractivity contribution in [3.05, 3.63) is 183 Å². The normalized spacial score (nSPS) is 10.2. The van der Waals surface area contributed by atoms with Crippen molar-refractivity contribution >= 4 is 21.9 Å². The molecule has 0 aliphatic carbocycles. The minimum atomic E-state index is 0. The van der Waals surface area contributed by atoms with E-state index in [9.17, 15) is 0 Å². The molecule has 8 aromatic rings. The number of nitrogens with zero attached hydrogens (tertiary/aromatic N) is 3. The molecule has 0 N–H and O–H groups in total. The summed E-state index contributed by atoms with van der Waals surface area (Å²) in [5.41, 5.74) is 8.90. The average Bonchev–Trinajstić information content (AvgIpc) is 3.49. The van der Waals surface area contributed by atoms with Crippen molar-refractivity contribution in [2.45, 2.75) is 6.92 Å². The molecule has 0 bridgehead atoms. The summed E-state index contributed by atoms with van der Waals surface area (Å²) in [4.78, 5) is 8.66. The Hall–Kier alpha value is -5.35. The van der Waals surface area contributed by atoms with Crippen LogP contribution in [0.25, 0.3) is 55.7 Å². The smallest absolute Gasteiger partial charge is 0.120 e. The van der Waals surface area contributed by atoms with Crippen LogP contribution in [0.5, 0.6) is 0 Å². The van der Waals surface area contributed by atoms with Crippen LogP contribution in [-0.2, 0) is 20.1 Å². The zero-order chi connectivity index (χ0) is 30.8. The summed E-state index contributed by atoms with van der Waals surface area (Å²) in [5.74, 6) is 0. The molecular weight excluding hydrogens is 743 g/mol. The monoisotopic (exact) mass is 773 g/mol. The first-order valence-corrected chi connectivity index (χ1v) is 14.6. The van der Waals surface area contributed by atoms with Crippen LogP contribution in [0.1, 0.15) is 5.56 Å². The zero-order valence-electron chi connectivity index (χ0n) is 25.2. The minimum absolute atomic E-state index is 0. The van der Waals surface area contributed by atoms with Crippen LogP contribution in [0.4, 0.5) is 0 Å². The summed E-state index contributed by atoms with van der Waals surface area (Å²) >= 11 is 0. The van der Waals surface area contributed by atoms with Gasteiger partial charge in [0.15, 0.2) is 0 Å². The van der Waals surface area contributed by atoms with Crippen LogP contribution >= 0.6 is 0 Å². The maximum absolute atomic E-state index is 6.01. The van der Waals surface area contributed by atoms with Crippen LogP contribution in [0.3, 0.4) is 0 Å². The quantitative estimate of drug-likeness (QED) is 0.133. The Morgan fingerprint density at radius 1 is 0.630 bits per heavy atom. The molecule has 0 fully saturated rings. The van der Waals surface area contributed by atoms with Crippen molar-refractivity contribution in [1.29, 1.82) is 0 Å². The van der Waals surface area contributed by atoms with Gasteiger partial charge in [-0.3, -0.25) is 0 Å². The predicted octanol–water partition coefficient (Wildman–Crippen LogP) is 9.38. The number of fused-ring (bicyclic) bond motifs is 3. The number of hydrogen-bond donors (Lipinski definition) is 0. The molecular formula is C41H30IrN3O-3. The molecule has 0 amide bonds. The van der Waals surface area contributed by atoms with E-state index >= 15 is 0 Å². The summed E-state index contributed by atoms with van der Waals surface area (Å²) in [6.45, 7) is 2.06. The second-order valence-corrected chi connectivity index (χ2v) is 10.2. The molecule has 4 heterocycles. The number of hydrogen-bond acceptors (Lipinski definition) is 3. The molecule has 227 valence electrons. The predicted molar refractivity (Wildman–Crippen MR) is 181 cm³/mol. The molecule has 0 saturated heterocycles.